The fourth-order valence-electron chi connectivity index (χ4n) is 2.91. The van der Waals surface area contributed by atoms with Crippen LogP contribution < -0.4 is 0 Å². The first-order valence-corrected chi connectivity index (χ1v) is 7.31. The van der Waals surface area contributed by atoms with Gasteiger partial charge in [0.1, 0.15) is 5.78 Å². The van der Waals surface area contributed by atoms with Gasteiger partial charge in [-0.15, -0.1) is 0 Å². The van der Waals surface area contributed by atoms with Crippen LogP contribution >= 0.6 is 0 Å². The summed E-state index contributed by atoms with van der Waals surface area (Å²) in [7, 11) is 0. The maximum absolute atomic E-state index is 11.6. The average Bonchev–Trinajstić information content (AvgIpc) is 2.76. The predicted molar refractivity (Wildman–Crippen MR) is 74.9 cm³/mol. The van der Waals surface area contributed by atoms with Crippen molar-refractivity contribution in [2.24, 2.45) is 11.8 Å². The highest BCUT2D eigenvalue weighted by Gasteiger charge is 2.35. The molecule has 0 amide bonds. The minimum absolute atomic E-state index is 0.0800. The molecular formula is C16H22O4. The molecule has 1 N–H and O–H groups in total. The third-order valence-electron chi connectivity index (χ3n) is 4.03. The van der Waals surface area contributed by atoms with Crippen LogP contribution in [0.5, 0.6) is 0 Å². The number of carbonyl (C=O) groups excluding carboxylic acids is 2. The van der Waals surface area contributed by atoms with Crippen LogP contribution in [0.25, 0.3) is 0 Å². The molecule has 1 aliphatic heterocycles. The molecule has 4 heteroatoms. The maximum Gasteiger partial charge on any atom is 0.330 e. The summed E-state index contributed by atoms with van der Waals surface area (Å²) in [5, 5.41) is 10.2. The second-order valence-electron chi connectivity index (χ2n) is 5.73. The number of esters is 1. The molecule has 2 aliphatic rings. The van der Waals surface area contributed by atoms with Gasteiger partial charge in [-0.1, -0.05) is 12.2 Å². The first-order valence-electron chi connectivity index (χ1n) is 7.31. The molecule has 1 heterocycles. The number of rotatable bonds is 0. The van der Waals surface area contributed by atoms with E-state index in [1.165, 1.54) is 12.2 Å². The number of aliphatic hydroxyl groups excluding tert-OH is 1. The van der Waals surface area contributed by atoms with Gasteiger partial charge in [0, 0.05) is 24.8 Å². The van der Waals surface area contributed by atoms with Gasteiger partial charge in [-0.25, -0.2) is 4.79 Å². The van der Waals surface area contributed by atoms with Gasteiger partial charge in [-0.2, -0.15) is 0 Å². The second-order valence-corrected chi connectivity index (χ2v) is 5.73. The zero-order chi connectivity index (χ0) is 14.5. The number of carbonyl (C=O) groups is 2. The SMILES string of the molecule is CC1CCC/C=C\C2CC(=O)CC2C(O)/C=C\C(=O)O1. The Morgan fingerprint density at radius 2 is 2.05 bits per heavy atom. The van der Waals surface area contributed by atoms with Gasteiger partial charge in [0.2, 0.25) is 0 Å². The lowest BCUT2D eigenvalue weighted by Crippen LogP contribution is -2.21. The van der Waals surface area contributed by atoms with E-state index in [9.17, 15) is 14.7 Å². The summed E-state index contributed by atoms with van der Waals surface area (Å²) < 4.78 is 5.22. The molecule has 4 atom stereocenters. The van der Waals surface area contributed by atoms with Crippen LogP contribution in [0.1, 0.15) is 39.0 Å². The molecule has 20 heavy (non-hydrogen) atoms. The number of cyclic esters (lactones) is 1. The summed E-state index contributed by atoms with van der Waals surface area (Å²) >= 11 is 0. The Hall–Kier alpha value is -1.42. The molecular weight excluding hydrogens is 256 g/mol. The highest BCUT2D eigenvalue weighted by molar-refractivity contribution is 5.83. The van der Waals surface area contributed by atoms with E-state index in [0.29, 0.717) is 12.8 Å². The molecule has 4 unspecified atom stereocenters. The zero-order valence-electron chi connectivity index (χ0n) is 11.8. The molecule has 0 aromatic heterocycles. The van der Waals surface area contributed by atoms with Crippen LogP contribution in [-0.4, -0.2) is 29.1 Å². The zero-order valence-corrected chi connectivity index (χ0v) is 11.8. The molecule has 0 bridgehead atoms. The Bertz CT molecular complexity index is 424. The molecule has 2 rings (SSSR count). The highest BCUT2D eigenvalue weighted by Crippen LogP contribution is 2.33. The number of ether oxygens (including phenoxy) is 1. The minimum Gasteiger partial charge on any atom is -0.460 e. The second kappa shape index (κ2) is 6.84. The largest absolute Gasteiger partial charge is 0.460 e. The molecule has 1 saturated carbocycles. The summed E-state index contributed by atoms with van der Waals surface area (Å²) in [6, 6.07) is 0. The van der Waals surface area contributed by atoms with Gasteiger partial charge >= 0.3 is 5.97 Å². The van der Waals surface area contributed by atoms with Crippen LogP contribution in [0.15, 0.2) is 24.3 Å². The lowest BCUT2D eigenvalue weighted by Gasteiger charge is -2.19. The number of allylic oxidation sites excluding steroid dienone is 2. The first-order chi connectivity index (χ1) is 9.56. The van der Waals surface area contributed by atoms with E-state index in [-0.39, 0.29) is 23.7 Å². The highest BCUT2D eigenvalue weighted by atomic mass is 16.5. The van der Waals surface area contributed by atoms with E-state index < -0.39 is 12.1 Å². The van der Waals surface area contributed by atoms with Crippen molar-refractivity contribution < 1.29 is 19.4 Å². The molecule has 0 saturated heterocycles. The lowest BCUT2D eigenvalue weighted by molar-refractivity contribution is -0.142. The summed E-state index contributed by atoms with van der Waals surface area (Å²) in [6.45, 7) is 1.87. The third kappa shape index (κ3) is 4.04. The molecule has 0 spiro atoms. The Kier molecular flexibility index (Phi) is 5.12. The molecule has 4 nitrogen and oxygen atoms in total. The van der Waals surface area contributed by atoms with Gasteiger partial charge in [-0.3, -0.25) is 4.79 Å². The van der Waals surface area contributed by atoms with Gasteiger partial charge < -0.3 is 9.84 Å². The van der Waals surface area contributed by atoms with E-state index in [4.69, 9.17) is 4.74 Å². The standard InChI is InChI=1S/C16H22O4/c1-11-5-3-2-4-6-12-9-13(17)10-14(12)15(18)7-8-16(19)20-11/h4,6-8,11-12,14-15,18H,2-3,5,9-10H2,1H3/b6-4-,8-7-. The van der Waals surface area contributed by atoms with Crippen molar-refractivity contribution in [3.05, 3.63) is 24.3 Å². The molecule has 1 fully saturated rings. The number of aliphatic hydroxyl groups is 1. The van der Waals surface area contributed by atoms with Crippen molar-refractivity contribution in [2.45, 2.75) is 51.2 Å². The van der Waals surface area contributed by atoms with Gasteiger partial charge in [-0.05, 0) is 38.2 Å². The topological polar surface area (TPSA) is 63.6 Å². The summed E-state index contributed by atoms with van der Waals surface area (Å²) in [5.74, 6) is -0.289. The number of fused-ring (bicyclic) bond motifs is 1. The van der Waals surface area contributed by atoms with Crippen molar-refractivity contribution in [1.29, 1.82) is 0 Å². The number of hydrogen-bond acceptors (Lipinski definition) is 4. The van der Waals surface area contributed by atoms with Gasteiger partial charge in [0.15, 0.2) is 0 Å². The quantitative estimate of drug-likeness (QED) is 0.545. The lowest BCUT2D eigenvalue weighted by atomic mass is 9.90. The molecule has 0 aromatic carbocycles. The fraction of sp³-hybridized carbons (Fsp3) is 0.625. The molecule has 0 aromatic rings. The smallest absolute Gasteiger partial charge is 0.330 e. The maximum atomic E-state index is 11.6. The van der Waals surface area contributed by atoms with E-state index in [1.807, 2.05) is 6.92 Å². The fourth-order valence-corrected chi connectivity index (χ4v) is 2.91. The Morgan fingerprint density at radius 3 is 2.85 bits per heavy atom. The summed E-state index contributed by atoms with van der Waals surface area (Å²) in [6.07, 6.45) is 9.53. The van der Waals surface area contributed by atoms with Crippen LogP contribution in [0.3, 0.4) is 0 Å². The third-order valence-corrected chi connectivity index (χ3v) is 4.03. The predicted octanol–water partition coefficient (Wildman–Crippen LogP) is 2.17. The van der Waals surface area contributed by atoms with Crippen LogP contribution in [0.4, 0.5) is 0 Å². The normalized spacial score (nSPS) is 38.9. The van der Waals surface area contributed by atoms with E-state index >= 15 is 0 Å². The van der Waals surface area contributed by atoms with Crippen molar-refractivity contribution >= 4 is 11.8 Å². The van der Waals surface area contributed by atoms with E-state index in [1.54, 1.807) is 0 Å². The van der Waals surface area contributed by atoms with Gasteiger partial charge in [0.25, 0.3) is 0 Å². The Balaban J connectivity index is 2.13. The van der Waals surface area contributed by atoms with Crippen molar-refractivity contribution in [1.82, 2.24) is 0 Å². The average molecular weight is 278 g/mol. The first kappa shape index (κ1) is 15.0. The Morgan fingerprint density at radius 1 is 1.25 bits per heavy atom. The van der Waals surface area contributed by atoms with E-state index in [0.717, 1.165) is 19.3 Å². The van der Waals surface area contributed by atoms with Crippen LogP contribution in [0.2, 0.25) is 0 Å². The number of hydrogen-bond donors (Lipinski definition) is 1. The van der Waals surface area contributed by atoms with E-state index in [2.05, 4.69) is 12.2 Å². The number of ketones is 1. The van der Waals surface area contributed by atoms with Crippen molar-refractivity contribution in [3.63, 3.8) is 0 Å². The van der Waals surface area contributed by atoms with Crippen LogP contribution in [-0.2, 0) is 14.3 Å². The summed E-state index contributed by atoms with van der Waals surface area (Å²) in [4.78, 5) is 23.2. The monoisotopic (exact) mass is 278 g/mol. The Labute approximate surface area is 119 Å². The minimum atomic E-state index is -0.778. The van der Waals surface area contributed by atoms with Crippen molar-refractivity contribution in [3.8, 4) is 0 Å². The van der Waals surface area contributed by atoms with Crippen LogP contribution in [0, 0.1) is 11.8 Å². The molecule has 1 aliphatic carbocycles. The number of Topliss-reactive ketones (excluding diaryl/α,β-unsaturated/α-hetero) is 1. The summed E-state index contributed by atoms with van der Waals surface area (Å²) in [5.41, 5.74) is 0. The molecule has 110 valence electrons. The van der Waals surface area contributed by atoms with Crippen molar-refractivity contribution in [2.75, 3.05) is 0 Å². The molecule has 0 radical (unpaired) electrons. The van der Waals surface area contributed by atoms with Gasteiger partial charge in [0.05, 0.1) is 12.2 Å².